The van der Waals surface area contributed by atoms with E-state index < -0.39 is 5.82 Å². The van der Waals surface area contributed by atoms with Crippen LogP contribution in [0.5, 0.6) is 5.75 Å². The summed E-state index contributed by atoms with van der Waals surface area (Å²) in [6.45, 7) is 2.07. The van der Waals surface area contributed by atoms with Gasteiger partial charge in [-0.1, -0.05) is 0 Å². The number of phenolic OH excluding ortho intramolecular Hbond substituents is 1. The number of rotatable bonds is 2. The summed E-state index contributed by atoms with van der Waals surface area (Å²) in [5, 5.41) is 16.3. The first-order valence-corrected chi connectivity index (χ1v) is 3.84. The Balaban J connectivity index is 2.94. The van der Waals surface area contributed by atoms with Crippen LogP contribution in [0.25, 0.3) is 0 Å². The van der Waals surface area contributed by atoms with Gasteiger partial charge in [-0.15, -0.1) is 0 Å². The fourth-order valence-corrected chi connectivity index (χ4v) is 0.933. The second-order valence-corrected chi connectivity index (χ2v) is 2.46. The van der Waals surface area contributed by atoms with Crippen molar-refractivity contribution in [3.63, 3.8) is 0 Å². The zero-order valence-corrected chi connectivity index (χ0v) is 7.17. The molecule has 0 radical (unpaired) electrons. The van der Waals surface area contributed by atoms with Gasteiger partial charge < -0.3 is 9.84 Å². The van der Waals surface area contributed by atoms with Gasteiger partial charge in [0.25, 0.3) is 0 Å². The molecule has 4 heteroatoms. The molecule has 1 aromatic carbocycles. The Bertz CT molecular complexity index is 305. The molecule has 0 heterocycles. The van der Waals surface area contributed by atoms with Gasteiger partial charge in [0, 0.05) is 11.6 Å². The number of phenols is 1. The highest BCUT2D eigenvalue weighted by Crippen LogP contribution is 2.15. The molecule has 0 saturated carbocycles. The molecule has 0 saturated heterocycles. The zero-order valence-electron chi connectivity index (χ0n) is 7.17. The fourth-order valence-electron chi connectivity index (χ4n) is 0.933. The van der Waals surface area contributed by atoms with Crippen LogP contribution in [0, 0.1) is 11.2 Å². The second kappa shape index (κ2) is 3.89. The third kappa shape index (κ3) is 2.43. The Kier molecular flexibility index (Phi) is 2.84. The number of nitrogens with one attached hydrogen (secondary N) is 1. The molecule has 0 bridgehead atoms. The van der Waals surface area contributed by atoms with Crippen molar-refractivity contribution in [3.05, 3.63) is 29.6 Å². The number of aromatic hydroxyl groups is 1. The van der Waals surface area contributed by atoms with Crippen molar-refractivity contribution in [2.45, 2.75) is 6.92 Å². The first kappa shape index (κ1) is 9.51. The van der Waals surface area contributed by atoms with E-state index in [0.29, 0.717) is 6.61 Å². The van der Waals surface area contributed by atoms with Gasteiger partial charge in [-0.05, 0) is 19.1 Å². The number of hydrogen-bond acceptors (Lipinski definition) is 3. The van der Waals surface area contributed by atoms with Crippen molar-refractivity contribution < 1.29 is 14.2 Å². The van der Waals surface area contributed by atoms with E-state index in [0.717, 1.165) is 12.1 Å². The molecule has 1 aromatic rings. The van der Waals surface area contributed by atoms with Crippen LogP contribution in [-0.2, 0) is 4.74 Å². The first-order chi connectivity index (χ1) is 6.13. The molecule has 0 spiro atoms. The van der Waals surface area contributed by atoms with Crippen molar-refractivity contribution in [2.24, 2.45) is 0 Å². The fraction of sp³-hybridized carbons (Fsp3) is 0.222. The molecule has 0 unspecified atom stereocenters. The lowest BCUT2D eigenvalue weighted by molar-refractivity contribution is 0.325. The van der Waals surface area contributed by atoms with Crippen LogP contribution in [0.4, 0.5) is 4.39 Å². The summed E-state index contributed by atoms with van der Waals surface area (Å²) in [5.41, 5.74) is 0.236. The lowest BCUT2D eigenvalue weighted by Crippen LogP contribution is -2.04. The molecule has 0 aromatic heterocycles. The molecule has 0 aliphatic rings. The SMILES string of the molecule is CCOC(=N)c1cc(O)cc(F)c1. The van der Waals surface area contributed by atoms with E-state index in [4.69, 9.17) is 15.3 Å². The number of ether oxygens (including phenoxy) is 1. The molecule has 70 valence electrons. The van der Waals surface area contributed by atoms with Crippen LogP contribution in [0.15, 0.2) is 18.2 Å². The smallest absolute Gasteiger partial charge is 0.213 e. The van der Waals surface area contributed by atoms with Gasteiger partial charge in [0.2, 0.25) is 5.90 Å². The largest absolute Gasteiger partial charge is 0.508 e. The van der Waals surface area contributed by atoms with Crippen LogP contribution in [0.3, 0.4) is 0 Å². The third-order valence-corrected chi connectivity index (χ3v) is 1.43. The Morgan fingerprint density at radius 1 is 1.54 bits per heavy atom. The maximum Gasteiger partial charge on any atom is 0.213 e. The third-order valence-electron chi connectivity index (χ3n) is 1.43. The van der Waals surface area contributed by atoms with Crippen LogP contribution in [0.2, 0.25) is 0 Å². The molecule has 0 atom stereocenters. The standard InChI is InChI=1S/C9H10FNO2/c1-2-13-9(11)6-3-7(10)5-8(12)4-6/h3-5,11-12H,2H2,1H3. The highest BCUT2D eigenvalue weighted by Gasteiger charge is 2.05. The molecule has 1 rings (SSSR count). The minimum absolute atomic E-state index is 0.141. The summed E-state index contributed by atoms with van der Waals surface area (Å²) in [7, 11) is 0. The molecule has 0 aliphatic heterocycles. The van der Waals surface area contributed by atoms with Crippen LogP contribution in [-0.4, -0.2) is 17.6 Å². The molecule has 2 N–H and O–H groups in total. The van der Waals surface area contributed by atoms with Gasteiger partial charge in [-0.3, -0.25) is 5.41 Å². The van der Waals surface area contributed by atoms with E-state index >= 15 is 0 Å². The Morgan fingerprint density at radius 2 is 2.23 bits per heavy atom. The molecule has 0 fully saturated rings. The molecule has 0 amide bonds. The zero-order chi connectivity index (χ0) is 9.84. The Labute approximate surface area is 75.3 Å². The van der Waals surface area contributed by atoms with Crippen LogP contribution >= 0.6 is 0 Å². The van der Waals surface area contributed by atoms with Gasteiger partial charge in [0.05, 0.1) is 6.61 Å². The minimum Gasteiger partial charge on any atom is -0.508 e. The first-order valence-electron chi connectivity index (χ1n) is 3.84. The van der Waals surface area contributed by atoms with Crippen molar-refractivity contribution in [2.75, 3.05) is 6.61 Å². The molecular formula is C9H10FNO2. The minimum atomic E-state index is -0.584. The lowest BCUT2D eigenvalue weighted by atomic mass is 10.2. The van der Waals surface area contributed by atoms with Crippen LogP contribution in [0.1, 0.15) is 12.5 Å². The number of halogens is 1. The summed E-state index contributed by atoms with van der Waals surface area (Å²) < 4.78 is 17.6. The molecule has 3 nitrogen and oxygen atoms in total. The summed E-state index contributed by atoms with van der Waals surface area (Å²) in [6, 6.07) is 3.39. The van der Waals surface area contributed by atoms with Crippen molar-refractivity contribution >= 4 is 5.90 Å². The maximum absolute atomic E-state index is 12.7. The monoisotopic (exact) mass is 183 g/mol. The predicted molar refractivity (Wildman–Crippen MR) is 46.5 cm³/mol. The Morgan fingerprint density at radius 3 is 2.77 bits per heavy atom. The van der Waals surface area contributed by atoms with Crippen molar-refractivity contribution in [3.8, 4) is 5.75 Å². The van der Waals surface area contributed by atoms with Crippen LogP contribution < -0.4 is 0 Å². The van der Waals surface area contributed by atoms with E-state index in [1.54, 1.807) is 6.92 Å². The summed E-state index contributed by atoms with van der Waals surface area (Å²) in [4.78, 5) is 0. The molecule has 0 aliphatic carbocycles. The van der Waals surface area contributed by atoms with E-state index in [1.807, 2.05) is 0 Å². The van der Waals surface area contributed by atoms with Gasteiger partial charge in [0.1, 0.15) is 11.6 Å². The van der Waals surface area contributed by atoms with E-state index in [2.05, 4.69) is 0 Å². The van der Waals surface area contributed by atoms with E-state index in [-0.39, 0.29) is 17.2 Å². The quantitative estimate of drug-likeness (QED) is 0.543. The summed E-state index contributed by atoms with van der Waals surface area (Å²) >= 11 is 0. The summed E-state index contributed by atoms with van der Waals surface area (Å²) in [6.07, 6.45) is 0. The molecular weight excluding hydrogens is 173 g/mol. The average Bonchev–Trinajstić information content (AvgIpc) is 2.03. The topological polar surface area (TPSA) is 53.3 Å². The van der Waals surface area contributed by atoms with Gasteiger partial charge >= 0.3 is 0 Å². The highest BCUT2D eigenvalue weighted by atomic mass is 19.1. The molecule has 13 heavy (non-hydrogen) atoms. The van der Waals surface area contributed by atoms with Gasteiger partial charge in [-0.2, -0.15) is 0 Å². The normalized spacial score (nSPS) is 9.69. The maximum atomic E-state index is 12.7. The van der Waals surface area contributed by atoms with Gasteiger partial charge in [0.15, 0.2) is 0 Å². The predicted octanol–water partition coefficient (Wildman–Crippen LogP) is 1.89. The van der Waals surface area contributed by atoms with Gasteiger partial charge in [-0.25, -0.2) is 4.39 Å². The Hall–Kier alpha value is -1.58. The number of hydrogen-bond donors (Lipinski definition) is 2. The lowest BCUT2D eigenvalue weighted by Gasteiger charge is -2.04. The van der Waals surface area contributed by atoms with E-state index in [9.17, 15) is 4.39 Å². The highest BCUT2D eigenvalue weighted by molar-refractivity contribution is 5.91. The average molecular weight is 183 g/mol. The van der Waals surface area contributed by atoms with Crippen molar-refractivity contribution in [1.29, 1.82) is 5.41 Å². The summed E-state index contributed by atoms with van der Waals surface area (Å²) in [5.74, 6) is -0.934. The van der Waals surface area contributed by atoms with Crippen molar-refractivity contribution in [1.82, 2.24) is 0 Å². The number of benzene rings is 1. The van der Waals surface area contributed by atoms with E-state index in [1.165, 1.54) is 6.07 Å². The second-order valence-electron chi connectivity index (χ2n) is 2.46.